The Balaban J connectivity index is 0. The quantitative estimate of drug-likeness (QED) is 0.102. The highest BCUT2D eigenvalue weighted by atomic mass is 16.1. The molecule has 0 atom stereocenters. The van der Waals surface area contributed by atoms with Gasteiger partial charge in [0, 0.05) is 31.6 Å². The Kier molecular flexibility index (Phi) is 32.1. The van der Waals surface area contributed by atoms with Crippen LogP contribution in [0, 0.1) is 0 Å². The average molecular weight is 510 g/mol. The molecule has 5 heteroatoms. The minimum absolute atomic E-state index is 0.155. The maximum Gasteiger partial charge on any atom is 0.219 e. The molecular formula is C31H63N3O2. The van der Waals surface area contributed by atoms with E-state index in [9.17, 15) is 9.59 Å². The highest BCUT2D eigenvalue weighted by Gasteiger charge is 2.00. The second-order valence-corrected chi connectivity index (χ2v) is 10.2. The molecular weight excluding hydrogens is 446 g/mol. The topological polar surface area (TPSA) is 84.2 Å². The number of carbonyl (C=O) groups is 2. The Hall–Kier alpha value is -1.52. The largest absolute Gasteiger partial charge is 0.389 e. The van der Waals surface area contributed by atoms with E-state index in [0.717, 1.165) is 57.3 Å². The molecule has 0 aliphatic rings. The van der Waals surface area contributed by atoms with Gasteiger partial charge in [-0.25, -0.2) is 0 Å². The first kappa shape index (κ1) is 36.6. The van der Waals surface area contributed by atoms with Crippen molar-refractivity contribution in [2.45, 2.75) is 162 Å². The van der Waals surface area contributed by atoms with Crippen LogP contribution >= 0.6 is 0 Å². The lowest BCUT2D eigenvalue weighted by atomic mass is 10.0. The van der Waals surface area contributed by atoms with Crippen molar-refractivity contribution in [1.29, 1.82) is 0 Å². The van der Waals surface area contributed by atoms with E-state index >= 15 is 0 Å². The van der Waals surface area contributed by atoms with Gasteiger partial charge in [0.2, 0.25) is 11.8 Å². The van der Waals surface area contributed by atoms with Crippen molar-refractivity contribution in [2.75, 3.05) is 13.1 Å². The third-order valence-corrected chi connectivity index (χ3v) is 6.51. The molecule has 36 heavy (non-hydrogen) atoms. The maximum atomic E-state index is 11.5. The lowest BCUT2D eigenvalue weighted by Gasteiger charge is -2.07. The molecule has 0 radical (unpaired) electrons. The number of allylic oxidation sites excluding steroid dienone is 1. The average Bonchev–Trinajstić information content (AvgIpc) is 2.86. The van der Waals surface area contributed by atoms with Gasteiger partial charge in [-0.15, -0.1) is 0 Å². The lowest BCUT2D eigenvalue weighted by molar-refractivity contribution is -0.121. The molecule has 0 aliphatic carbocycles. The van der Waals surface area contributed by atoms with Gasteiger partial charge in [0.05, 0.1) is 0 Å². The Morgan fingerprint density at radius 3 is 1.44 bits per heavy atom. The second-order valence-electron chi connectivity index (χ2n) is 10.2. The number of carbonyl (C=O) groups excluding carboxylic acids is 2. The maximum absolute atomic E-state index is 11.5. The van der Waals surface area contributed by atoms with Gasteiger partial charge in [-0.1, -0.05) is 124 Å². The number of nitrogens with two attached hydrogens (primary N) is 1. The molecule has 0 aliphatic heterocycles. The zero-order valence-electron chi connectivity index (χ0n) is 24.6. The van der Waals surface area contributed by atoms with Crippen molar-refractivity contribution in [1.82, 2.24) is 10.6 Å². The monoisotopic (exact) mass is 509 g/mol. The van der Waals surface area contributed by atoms with Crippen LogP contribution in [0.2, 0.25) is 0 Å². The van der Waals surface area contributed by atoms with Gasteiger partial charge in [-0.3, -0.25) is 9.59 Å². The molecule has 0 spiro atoms. The smallest absolute Gasteiger partial charge is 0.219 e. The van der Waals surface area contributed by atoms with Gasteiger partial charge in [0.1, 0.15) is 0 Å². The van der Waals surface area contributed by atoms with Gasteiger partial charge < -0.3 is 16.4 Å². The van der Waals surface area contributed by atoms with Crippen molar-refractivity contribution in [2.24, 2.45) is 5.73 Å². The molecule has 4 N–H and O–H groups in total. The normalized spacial score (nSPS) is 10.4. The van der Waals surface area contributed by atoms with E-state index in [2.05, 4.69) is 38.0 Å². The first-order valence-electron chi connectivity index (χ1n) is 15.4. The van der Waals surface area contributed by atoms with E-state index < -0.39 is 0 Å². The number of primary amides is 1. The summed E-state index contributed by atoms with van der Waals surface area (Å²) in [6, 6.07) is 0. The minimum atomic E-state index is -0.155. The van der Waals surface area contributed by atoms with Crippen LogP contribution in [0.5, 0.6) is 0 Å². The summed E-state index contributed by atoms with van der Waals surface area (Å²) in [6.45, 7) is 12.2. The van der Waals surface area contributed by atoms with Crippen LogP contribution < -0.4 is 16.4 Å². The lowest BCUT2D eigenvalue weighted by Crippen LogP contribution is -2.24. The molecule has 0 heterocycles. The molecule has 5 nitrogen and oxygen atoms in total. The van der Waals surface area contributed by atoms with E-state index in [1.54, 1.807) is 0 Å². The zero-order chi connectivity index (χ0) is 27.1. The molecule has 0 saturated carbocycles. The van der Waals surface area contributed by atoms with Crippen molar-refractivity contribution in [3.63, 3.8) is 0 Å². The summed E-state index contributed by atoms with van der Waals surface area (Å²) in [6.07, 6.45) is 26.3. The number of hydrogen-bond donors (Lipinski definition) is 3. The van der Waals surface area contributed by atoms with E-state index in [0.29, 0.717) is 12.8 Å². The van der Waals surface area contributed by atoms with E-state index in [1.807, 2.05) is 0 Å². The predicted octanol–water partition coefficient (Wildman–Crippen LogP) is 8.32. The summed E-state index contributed by atoms with van der Waals surface area (Å²) in [7, 11) is 0. The number of unbranched alkanes of at least 4 members (excludes halogenated alkanes) is 16. The highest BCUT2D eigenvalue weighted by Crippen LogP contribution is 2.12. The summed E-state index contributed by atoms with van der Waals surface area (Å²) in [5.74, 6) is 0.0510. The van der Waals surface area contributed by atoms with E-state index in [1.165, 1.54) is 89.9 Å². The number of amides is 2. The fourth-order valence-electron chi connectivity index (χ4n) is 3.99. The van der Waals surface area contributed by atoms with Crippen LogP contribution in [0.15, 0.2) is 12.3 Å². The van der Waals surface area contributed by atoms with Crippen LogP contribution in [-0.4, -0.2) is 24.9 Å². The fraction of sp³-hybridized carbons (Fsp3) is 0.871. The molecule has 0 saturated heterocycles. The molecule has 0 aromatic carbocycles. The van der Waals surface area contributed by atoms with Gasteiger partial charge in [-0.2, -0.15) is 0 Å². The molecule has 214 valence electrons. The summed E-state index contributed by atoms with van der Waals surface area (Å²) < 4.78 is 0. The Morgan fingerprint density at radius 1 is 0.556 bits per heavy atom. The van der Waals surface area contributed by atoms with Gasteiger partial charge >= 0.3 is 0 Å². The summed E-state index contributed by atoms with van der Waals surface area (Å²) in [5, 5.41) is 6.24. The van der Waals surface area contributed by atoms with Gasteiger partial charge in [-0.05, 0) is 32.1 Å². The molecule has 0 aromatic rings. The highest BCUT2D eigenvalue weighted by molar-refractivity contribution is 5.75. The minimum Gasteiger partial charge on any atom is -0.389 e. The van der Waals surface area contributed by atoms with Crippen LogP contribution in [0.4, 0.5) is 0 Å². The Bertz CT molecular complexity index is 494. The van der Waals surface area contributed by atoms with Crippen molar-refractivity contribution < 1.29 is 9.59 Å². The molecule has 0 unspecified atom stereocenters. The summed E-state index contributed by atoms with van der Waals surface area (Å²) in [5.41, 5.74) is 6.19. The second kappa shape index (κ2) is 31.5. The summed E-state index contributed by atoms with van der Waals surface area (Å²) in [4.78, 5) is 22.0. The Labute approximate surface area is 225 Å². The zero-order valence-corrected chi connectivity index (χ0v) is 24.6. The van der Waals surface area contributed by atoms with Crippen LogP contribution in [0.1, 0.15) is 162 Å². The molecule has 0 aromatic heterocycles. The van der Waals surface area contributed by atoms with Crippen LogP contribution in [-0.2, 0) is 9.59 Å². The first-order valence-corrected chi connectivity index (χ1v) is 15.4. The molecule has 2 amide bonds. The van der Waals surface area contributed by atoms with E-state index in [4.69, 9.17) is 5.73 Å². The standard InChI is InChI=1S/C16H33NO.C15H30N2O/c1-2-3-4-5-6-7-8-9-10-11-12-13-14-15-16(17)18;1-4-6-9-13-17-15(18)11-8-7-10-12-16-14(3)5-2/h2-15H2,1H3,(H2,17,18);16H,3-13H2,1-2H3,(H,17,18). The third kappa shape index (κ3) is 34.6. The molecule has 0 rings (SSSR count). The van der Waals surface area contributed by atoms with Crippen LogP contribution in [0.3, 0.4) is 0 Å². The number of nitrogens with one attached hydrogen (secondary N) is 2. The predicted molar refractivity (Wildman–Crippen MR) is 158 cm³/mol. The Morgan fingerprint density at radius 2 is 0.944 bits per heavy atom. The SMILES string of the molecule is C=C(CC)NCCCCCC(=O)NCCCCC.CCCCCCCCCCCCCCCC(N)=O. The van der Waals surface area contributed by atoms with Gasteiger partial charge in [0.25, 0.3) is 0 Å². The number of rotatable bonds is 26. The van der Waals surface area contributed by atoms with Crippen molar-refractivity contribution in [3.8, 4) is 0 Å². The van der Waals surface area contributed by atoms with Gasteiger partial charge in [0.15, 0.2) is 0 Å². The fourth-order valence-corrected chi connectivity index (χ4v) is 3.99. The van der Waals surface area contributed by atoms with Crippen molar-refractivity contribution in [3.05, 3.63) is 12.3 Å². The molecule has 0 bridgehead atoms. The first-order chi connectivity index (χ1) is 17.5. The summed E-state index contributed by atoms with van der Waals surface area (Å²) >= 11 is 0. The molecule has 0 fully saturated rings. The number of hydrogen-bond acceptors (Lipinski definition) is 3. The van der Waals surface area contributed by atoms with E-state index in [-0.39, 0.29) is 11.8 Å². The van der Waals surface area contributed by atoms with Crippen molar-refractivity contribution >= 4 is 11.8 Å². The van der Waals surface area contributed by atoms with Crippen LogP contribution in [0.25, 0.3) is 0 Å². The third-order valence-electron chi connectivity index (χ3n) is 6.51.